The van der Waals surface area contributed by atoms with E-state index in [-0.39, 0.29) is 0 Å². The van der Waals surface area contributed by atoms with Gasteiger partial charge in [0.15, 0.2) is 0 Å². The lowest BCUT2D eigenvalue weighted by Crippen LogP contribution is -2.12. The lowest BCUT2D eigenvalue weighted by atomic mass is 9.87. The number of benzene rings is 1. The largest absolute Gasteiger partial charge is 0.154 e. The van der Waals surface area contributed by atoms with Gasteiger partial charge in [0.25, 0.3) is 0 Å². The quantitative estimate of drug-likeness (QED) is 0.684. The van der Waals surface area contributed by atoms with Crippen LogP contribution in [-0.2, 0) is 12.8 Å². The van der Waals surface area contributed by atoms with Gasteiger partial charge in [0.2, 0.25) is 0 Å². The fourth-order valence-electron chi connectivity index (χ4n) is 3.13. The molecule has 1 heteroatoms. The topological polar surface area (TPSA) is 0 Å². The van der Waals surface area contributed by atoms with Gasteiger partial charge in [0, 0.05) is 5.25 Å². The predicted octanol–water partition coefficient (Wildman–Crippen LogP) is 5.41. The van der Waals surface area contributed by atoms with Crippen LogP contribution in [0.25, 0.3) is 0 Å². The van der Waals surface area contributed by atoms with E-state index >= 15 is 0 Å². The molecule has 1 aliphatic rings. The van der Waals surface area contributed by atoms with Gasteiger partial charge in [-0.2, -0.15) is 11.8 Å². The summed E-state index contributed by atoms with van der Waals surface area (Å²) in [5.41, 5.74) is 4.92. The maximum Gasteiger partial charge on any atom is 0.0271 e. The monoisotopic (exact) mass is 262 g/mol. The Balaban J connectivity index is 2.20. The third-order valence-corrected chi connectivity index (χ3v) is 5.44. The van der Waals surface area contributed by atoms with E-state index in [1.165, 1.54) is 37.9 Å². The molecule has 0 spiro atoms. The maximum atomic E-state index is 2.37. The second-order valence-corrected chi connectivity index (χ2v) is 6.96. The molecule has 1 aromatic carbocycles. The number of thioether (sulfide) groups is 1. The Kier molecular flexibility index (Phi) is 5.17. The number of fused-ring (bicyclic) bond motifs is 1. The van der Waals surface area contributed by atoms with Crippen LogP contribution in [0.3, 0.4) is 0 Å². The van der Waals surface area contributed by atoms with Crippen molar-refractivity contribution >= 4 is 11.8 Å². The molecular formula is C17H26S. The highest BCUT2D eigenvalue weighted by molar-refractivity contribution is 7.99. The first kappa shape index (κ1) is 14.0. The molecule has 0 nitrogen and oxygen atoms in total. The van der Waals surface area contributed by atoms with Gasteiger partial charge in [-0.1, -0.05) is 51.3 Å². The van der Waals surface area contributed by atoms with Crippen molar-refractivity contribution in [1.82, 2.24) is 0 Å². The third-order valence-electron chi connectivity index (χ3n) is 4.25. The zero-order chi connectivity index (χ0) is 13.0. The van der Waals surface area contributed by atoms with Crippen molar-refractivity contribution in [1.29, 1.82) is 0 Å². The first-order valence-electron chi connectivity index (χ1n) is 7.48. The second-order valence-electron chi connectivity index (χ2n) is 5.52. The Morgan fingerprint density at radius 3 is 2.89 bits per heavy atom. The van der Waals surface area contributed by atoms with Crippen LogP contribution < -0.4 is 0 Å². The number of rotatable bonds is 5. The molecule has 100 valence electrons. The Hall–Kier alpha value is -0.430. The van der Waals surface area contributed by atoms with E-state index in [1.54, 1.807) is 16.7 Å². The first-order chi connectivity index (χ1) is 8.76. The van der Waals surface area contributed by atoms with Crippen molar-refractivity contribution in [3.63, 3.8) is 0 Å². The lowest BCUT2D eigenvalue weighted by Gasteiger charge is -2.26. The summed E-state index contributed by atoms with van der Waals surface area (Å²) in [6.45, 7) is 7.01. The molecule has 0 radical (unpaired) electrons. The minimum atomic E-state index is 0.694. The van der Waals surface area contributed by atoms with E-state index in [9.17, 15) is 0 Å². The van der Waals surface area contributed by atoms with Gasteiger partial charge in [-0.25, -0.2) is 0 Å². The Morgan fingerprint density at radius 1 is 1.33 bits per heavy atom. The van der Waals surface area contributed by atoms with Gasteiger partial charge in [0.1, 0.15) is 0 Å². The van der Waals surface area contributed by atoms with Gasteiger partial charge in [-0.3, -0.25) is 0 Å². The molecule has 0 amide bonds. The first-order valence-corrected chi connectivity index (χ1v) is 8.53. The molecule has 0 N–H and O–H groups in total. The van der Waals surface area contributed by atoms with E-state index in [4.69, 9.17) is 0 Å². The second kappa shape index (κ2) is 6.65. The van der Waals surface area contributed by atoms with Crippen molar-refractivity contribution < 1.29 is 0 Å². The van der Waals surface area contributed by atoms with Crippen LogP contribution in [0.5, 0.6) is 0 Å². The van der Waals surface area contributed by atoms with Crippen LogP contribution in [-0.4, -0.2) is 5.75 Å². The highest BCUT2D eigenvalue weighted by Gasteiger charge is 2.20. The van der Waals surface area contributed by atoms with E-state index < -0.39 is 0 Å². The van der Waals surface area contributed by atoms with Crippen LogP contribution in [0.15, 0.2) is 18.2 Å². The Bertz CT molecular complexity index is 383. The summed E-state index contributed by atoms with van der Waals surface area (Å²) in [7, 11) is 0. The summed E-state index contributed by atoms with van der Waals surface area (Å²) in [6, 6.07) is 6.99. The van der Waals surface area contributed by atoms with E-state index in [0.29, 0.717) is 5.25 Å². The fraction of sp³-hybridized carbons (Fsp3) is 0.647. The van der Waals surface area contributed by atoms with Crippen LogP contribution in [0.4, 0.5) is 0 Å². The van der Waals surface area contributed by atoms with Crippen LogP contribution in [0.1, 0.15) is 62.0 Å². The third kappa shape index (κ3) is 3.12. The van der Waals surface area contributed by atoms with E-state index in [1.807, 2.05) is 0 Å². The summed E-state index contributed by atoms with van der Waals surface area (Å²) in [6.07, 6.45) is 6.60. The van der Waals surface area contributed by atoms with Crippen molar-refractivity contribution in [2.24, 2.45) is 5.92 Å². The molecule has 2 unspecified atom stereocenters. The maximum absolute atomic E-state index is 2.37. The predicted molar refractivity (Wildman–Crippen MR) is 83.4 cm³/mol. The molecule has 1 aliphatic heterocycles. The van der Waals surface area contributed by atoms with Gasteiger partial charge >= 0.3 is 0 Å². The molecule has 0 saturated carbocycles. The molecule has 0 fully saturated rings. The molecule has 1 aromatic rings. The average molecular weight is 262 g/mol. The summed E-state index contributed by atoms with van der Waals surface area (Å²) in [4.78, 5) is 0. The molecule has 1 heterocycles. The molecule has 2 rings (SSSR count). The smallest absolute Gasteiger partial charge is 0.0271 e. The van der Waals surface area contributed by atoms with Crippen molar-refractivity contribution in [3.05, 3.63) is 34.9 Å². The zero-order valence-electron chi connectivity index (χ0n) is 12.0. The normalized spacial score (nSPS) is 20.5. The van der Waals surface area contributed by atoms with Crippen molar-refractivity contribution in [2.75, 3.05) is 5.75 Å². The van der Waals surface area contributed by atoms with Gasteiger partial charge in [0.05, 0.1) is 0 Å². The summed E-state index contributed by atoms with van der Waals surface area (Å²) in [5, 5.41) is 0.694. The van der Waals surface area contributed by atoms with Gasteiger partial charge < -0.3 is 0 Å². The summed E-state index contributed by atoms with van der Waals surface area (Å²) >= 11 is 2.10. The van der Waals surface area contributed by atoms with Crippen molar-refractivity contribution in [2.45, 2.75) is 58.1 Å². The lowest BCUT2D eigenvalue weighted by molar-refractivity contribution is 0.461. The molecule has 0 bridgehead atoms. The minimum absolute atomic E-state index is 0.694. The number of hydrogen-bond acceptors (Lipinski definition) is 1. The van der Waals surface area contributed by atoms with Crippen LogP contribution >= 0.6 is 11.8 Å². The minimum Gasteiger partial charge on any atom is -0.154 e. The Labute approximate surface area is 117 Å². The van der Waals surface area contributed by atoms with Crippen molar-refractivity contribution in [3.8, 4) is 0 Å². The number of hydrogen-bond donors (Lipinski definition) is 0. The molecule has 0 saturated heterocycles. The molecule has 0 aliphatic carbocycles. The van der Waals surface area contributed by atoms with Gasteiger partial charge in [-0.15, -0.1) is 0 Å². The SMILES string of the molecule is CCCC(CC)Cc1cccc2c1CCSC2C. The van der Waals surface area contributed by atoms with E-state index in [0.717, 1.165) is 5.92 Å². The zero-order valence-corrected chi connectivity index (χ0v) is 12.9. The van der Waals surface area contributed by atoms with Crippen LogP contribution in [0.2, 0.25) is 0 Å². The van der Waals surface area contributed by atoms with Crippen LogP contribution in [0, 0.1) is 5.92 Å². The van der Waals surface area contributed by atoms with Gasteiger partial charge in [-0.05, 0) is 48.1 Å². The molecule has 0 aromatic heterocycles. The summed E-state index contributed by atoms with van der Waals surface area (Å²) in [5.74, 6) is 2.18. The molecule has 2 atom stereocenters. The fourth-order valence-corrected chi connectivity index (χ4v) is 4.20. The average Bonchev–Trinajstić information content (AvgIpc) is 2.39. The highest BCUT2D eigenvalue weighted by Crippen LogP contribution is 2.38. The summed E-state index contributed by atoms with van der Waals surface area (Å²) < 4.78 is 0. The molecular weight excluding hydrogens is 236 g/mol. The standard InChI is InChI=1S/C17H26S/c1-4-7-14(5-2)12-15-8-6-9-16-13(3)18-11-10-17(15)16/h6,8-9,13-14H,4-5,7,10-12H2,1-3H3. The van der Waals surface area contributed by atoms with E-state index in [2.05, 4.69) is 50.7 Å². The highest BCUT2D eigenvalue weighted by atomic mass is 32.2. The Morgan fingerprint density at radius 2 is 2.17 bits per heavy atom. The molecule has 18 heavy (non-hydrogen) atoms.